The Bertz CT molecular complexity index is 1390. The maximum Gasteiger partial charge on any atom is 0.165 e. The minimum absolute atomic E-state index is 0.0340. The second kappa shape index (κ2) is 10.6. The van der Waals surface area contributed by atoms with Gasteiger partial charge in [0, 0.05) is 41.5 Å². The summed E-state index contributed by atoms with van der Waals surface area (Å²) in [5.74, 6) is 1.79. The van der Waals surface area contributed by atoms with E-state index in [-0.39, 0.29) is 17.7 Å². The normalized spacial score (nSPS) is 26.4. The number of ether oxygens (including phenoxy) is 1. The molecule has 3 atom stereocenters. The van der Waals surface area contributed by atoms with Crippen molar-refractivity contribution < 1.29 is 9.53 Å². The summed E-state index contributed by atoms with van der Waals surface area (Å²) in [6, 6.07) is 13.7. The van der Waals surface area contributed by atoms with E-state index in [9.17, 15) is 4.79 Å². The first-order chi connectivity index (χ1) is 18.8. The molecule has 0 saturated heterocycles. The molecule has 1 saturated carbocycles. The summed E-state index contributed by atoms with van der Waals surface area (Å²) in [6.45, 7) is 10.1. The molecular formula is C32H42N4O2S. The first kappa shape index (κ1) is 26.9. The second-order valence-corrected chi connectivity index (χ2v) is 12.8. The highest BCUT2D eigenvalue weighted by Crippen LogP contribution is 2.48. The highest BCUT2D eigenvalue weighted by atomic mass is 32.2. The minimum atomic E-state index is -0.891. The third-order valence-electron chi connectivity index (χ3n) is 9.33. The van der Waals surface area contributed by atoms with Crippen LogP contribution in [0.15, 0.2) is 36.4 Å². The number of benzene rings is 2. The summed E-state index contributed by atoms with van der Waals surface area (Å²) in [4.78, 5) is 13.0. The summed E-state index contributed by atoms with van der Waals surface area (Å²) in [6.07, 6.45) is 8.49. The molecule has 0 spiro atoms. The molecule has 3 heterocycles. The molecule has 0 radical (unpaired) electrons. The molecule has 6 rings (SSSR count). The van der Waals surface area contributed by atoms with Gasteiger partial charge in [0.15, 0.2) is 5.78 Å². The summed E-state index contributed by atoms with van der Waals surface area (Å²) in [7, 11) is 0. The van der Waals surface area contributed by atoms with E-state index in [0.717, 1.165) is 12.3 Å². The maximum absolute atomic E-state index is 13.0. The summed E-state index contributed by atoms with van der Waals surface area (Å²) < 4.78 is 11.4. The number of carbonyl (C=O) groups excluding carboxylic acids is 1. The highest BCUT2D eigenvalue weighted by Gasteiger charge is 2.38. The van der Waals surface area contributed by atoms with E-state index in [1.165, 1.54) is 71.0 Å². The van der Waals surface area contributed by atoms with Crippen LogP contribution in [0.5, 0.6) is 5.75 Å². The number of nitrogens with zero attached hydrogens (tertiary/aromatic N) is 2. The molecule has 2 aromatic carbocycles. The number of hydrazine groups is 1. The van der Waals surface area contributed by atoms with E-state index in [0.29, 0.717) is 19.1 Å². The lowest BCUT2D eigenvalue weighted by Gasteiger charge is -2.40. The van der Waals surface area contributed by atoms with Crippen molar-refractivity contribution in [1.29, 1.82) is 0 Å². The van der Waals surface area contributed by atoms with Gasteiger partial charge in [-0.2, -0.15) is 4.41 Å². The molecule has 1 aromatic heterocycles. The molecule has 6 nitrogen and oxygen atoms in total. The SMILES string of the molecule is CSN1Cc2ccc3c(C4CCCCC4)c4n(c3c2)C[C@@H](COc2c(C)cccc2-4)C(C)NC(C)(C(C)=O)N1. The third kappa shape index (κ3) is 4.82. The number of ketones is 1. The molecule has 1 aliphatic carbocycles. The van der Waals surface area contributed by atoms with Crippen LogP contribution < -0.4 is 15.5 Å². The molecule has 39 heavy (non-hydrogen) atoms. The number of hydrogen-bond acceptors (Lipinski definition) is 6. The van der Waals surface area contributed by atoms with Gasteiger partial charge in [-0.1, -0.05) is 55.5 Å². The van der Waals surface area contributed by atoms with E-state index in [1.807, 2.05) is 6.92 Å². The lowest BCUT2D eigenvalue weighted by Crippen LogP contribution is -2.66. The molecule has 4 bridgehead atoms. The number of para-hydroxylation sites is 1. The van der Waals surface area contributed by atoms with Crippen LogP contribution in [-0.4, -0.2) is 39.3 Å². The summed E-state index contributed by atoms with van der Waals surface area (Å²) >= 11 is 1.61. The van der Waals surface area contributed by atoms with Crippen molar-refractivity contribution in [2.75, 3.05) is 12.9 Å². The van der Waals surface area contributed by atoms with E-state index in [2.05, 4.69) is 76.2 Å². The Hall–Kier alpha value is -2.32. The van der Waals surface area contributed by atoms with Gasteiger partial charge in [0.25, 0.3) is 0 Å². The fourth-order valence-electron chi connectivity index (χ4n) is 6.97. The topological polar surface area (TPSA) is 58.5 Å². The average molecular weight is 547 g/mol. The van der Waals surface area contributed by atoms with Crippen LogP contribution in [0.3, 0.4) is 0 Å². The molecule has 2 N–H and O–H groups in total. The zero-order chi connectivity index (χ0) is 27.3. The minimum Gasteiger partial charge on any atom is -0.492 e. The number of fused-ring (bicyclic) bond motifs is 4. The molecular weight excluding hydrogens is 504 g/mol. The molecule has 3 aliphatic rings. The van der Waals surface area contributed by atoms with Crippen molar-refractivity contribution in [2.45, 2.75) is 90.5 Å². The monoisotopic (exact) mass is 546 g/mol. The van der Waals surface area contributed by atoms with Crippen molar-refractivity contribution >= 4 is 28.6 Å². The van der Waals surface area contributed by atoms with Gasteiger partial charge in [0.05, 0.1) is 12.3 Å². The Balaban J connectivity index is 1.62. The number of aromatic nitrogens is 1. The molecule has 2 unspecified atom stereocenters. The Morgan fingerprint density at radius 3 is 2.69 bits per heavy atom. The molecule has 7 heteroatoms. The predicted molar refractivity (Wildman–Crippen MR) is 161 cm³/mol. The van der Waals surface area contributed by atoms with E-state index in [4.69, 9.17) is 4.74 Å². The molecule has 1 fully saturated rings. The predicted octanol–water partition coefficient (Wildman–Crippen LogP) is 6.55. The van der Waals surface area contributed by atoms with Crippen LogP contribution in [0.25, 0.3) is 22.2 Å². The number of rotatable bonds is 3. The van der Waals surface area contributed by atoms with Gasteiger partial charge in [0.2, 0.25) is 0 Å². The quantitative estimate of drug-likeness (QED) is 0.363. The Labute approximate surface area is 237 Å². The van der Waals surface area contributed by atoms with Crippen molar-refractivity contribution in [2.24, 2.45) is 5.92 Å². The number of hydrogen-bond donors (Lipinski definition) is 2. The Morgan fingerprint density at radius 1 is 1.15 bits per heavy atom. The zero-order valence-corrected chi connectivity index (χ0v) is 24.8. The summed E-state index contributed by atoms with van der Waals surface area (Å²) in [5.41, 5.74) is 10.4. The van der Waals surface area contributed by atoms with Crippen molar-refractivity contribution in [3.8, 4) is 17.0 Å². The number of aryl methyl sites for hydroxylation is 1. The van der Waals surface area contributed by atoms with Crippen LogP contribution in [0, 0.1) is 12.8 Å². The van der Waals surface area contributed by atoms with Gasteiger partial charge >= 0.3 is 0 Å². The zero-order valence-electron chi connectivity index (χ0n) is 24.0. The number of Topliss-reactive ketones (excluding diaryl/α,β-unsaturated/α-hetero) is 1. The molecule has 2 aliphatic heterocycles. The fraction of sp³-hybridized carbons (Fsp3) is 0.531. The van der Waals surface area contributed by atoms with E-state index >= 15 is 0 Å². The lowest BCUT2D eigenvalue weighted by molar-refractivity contribution is -0.126. The lowest BCUT2D eigenvalue weighted by atomic mass is 9.81. The third-order valence-corrected chi connectivity index (χ3v) is 9.99. The maximum atomic E-state index is 13.0. The highest BCUT2D eigenvalue weighted by molar-refractivity contribution is 7.96. The smallest absolute Gasteiger partial charge is 0.165 e. The van der Waals surface area contributed by atoms with Gasteiger partial charge in [-0.15, -0.1) is 0 Å². The van der Waals surface area contributed by atoms with Gasteiger partial charge in [-0.05, 0) is 81.5 Å². The van der Waals surface area contributed by atoms with E-state index < -0.39 is 5.66 Å². The fourth-order valence-corrected chi connectivity index (χ4v) is 7.52. The van der Waals surface area contributed by atoms with Crippen molar-refractivity contribution in [3.63, 3.8) is 0 Å². The Morgan fingerprint density at radius 2 is 1.95 bits per heavy atom. The molecule has 3 aromatic rings. The summed E-state index contributed by atoms with van der Waals surface area (Å²) in [5, 5.41) is 5.09. The van der Waals surface area contributed by atoms with Crippen molar-refractivity contribution in [1.82, 2.24) is 19.7 Å². The van der Waals surface area contributed by atoms with Gasteiger partial charge < -0.3 is 9.30 Å². The van der Waals surface area contributed by atoms with Crippen LogP contribution in [0.2, 0.25) is 0 Å². The number of nitrogens with one attached hydrogen (secondary N) is 2. The van der Waals surface area contributed by atoms with Crippen LogP contribution in [-0.2, 0) is 17.9 Å². The van der Waals surface area contributed by atoms with Gasteiger partial charge in [-0.3, -0.25) is 10.1 Å². The van der Waals surface area contributed by atoms with Crippen molar-refractivity contribution in [3.05, 3.63) is 53.1 Å². The van der Waals surface area contributed by atoms with Gasteiger partial charge in [-0.25, -0.2) is 5.43 Å². The van der Waals surface area contributed by atoms with Gasteiger partial charge in [0.1, 0.15) is 11.4 Å². The van der Waals surface area contributed by atoms with E-state index in [1.54, 1.807) is 18.9 Å². The van der Waals surface area contributed by atoms with Crippen LogP contribution in [0.4, 0.5) is 0 Å². The first-order valence-electron chi connectivity index (χ1n) is 14.5. The first-order valence-corrected chi connectivity index (χ1v) is 15.7. The number of carbonyl (C=O) groups is 1. The Kier molecular flexibility index (Phi) is 7.29. The standard InChI is InChI=1S/C32H42N4O2S/c1-20-10-9-13-27-30-29(24-11-7-6-8-12-24)26-15-14-23-16-28(26)35(30)18-25(19-38-31(20)27)21(2)33-32(4,22(3)37)34-36(17-23)39-5/h9-10,13-16,21,24-25,33-34H,6-8,11-12,17-19H2,1-5H3/t21?,25-,32?/m0/s1. The van der Waals surface area contributed by atoms with Crippen LogP contribution in [0.1, 0.15) is 75.5 Å². The molecule has 208 valence electrons. The van der Waals surface area contributed by atoms with Crippen LogP contribution >= 0.6 is 11.9 Å². The molecule has 0 amide bonds. The second-order valence-electron chi connectivity index (χ2n) is 12.0. The largest absolute Gasteiger partial charge is 0.492 e. The average Bonchev–Trinajstić information content (AvgIpc) is 3.21.